The maximum atomic E-state index is 11.0. The molecule has 0 saturated heterocycles. The first-order chi connectivity index (χ1) is 10.3. The molecule has 0 fully saturated rings. The summed E-state index contributed by atoms with van der Waals surface area (Å²) >= 11 is 0. The molecule has 0 radical (unpaired) electrons. The molecule has 0 saturated carbocycles. The molecular formula is C14H13N5O2. The smallest absolute Gasteiger partial charge is 0.278 e. The van der Waals surface area contributed by atoms with Crippen molar-refractivity contribution in [3.8, 4) is 0 Å². The summed E-state index contributed by atoms with van der Waals surface area (Å²) in [5.74, 6) is 0. The number of non-ortho nitro benzene ring substituents is 1. The lowest BCUT2D eigenvalue weighted by molar-refractivity contribution is -0.383. The third kappa shape index (κ3) is 2.66. The number of hydrogen-bond donors (Lipinski definition) is 1. The Balaban J connectivity index is 1.85. The van der Waals surface area contributed by atoms with Crippen molar-refractivity contribution in [1.29, 1.82) is 0 Å². The first kappa shape index (κ1) is 13.0. The number of imidazole rings is 1. The second-order valence-corrected chi connectivity index (χ2v) is 4.54. The largest absolute Gasteiger partial charge is 0.383 e. The summed E-state index contributed by atoms with van der Waals surface area (Å²) in [4.78, 5) is 18.6. The molecule has 0 aliphatic carbocycles. The molecule has 21 heavy (non-hydrogen) atoms. The number of hydrogen-bond acceptors (Lipinski definition) is 5. The lowest BCUT2D eigenvalue weighted by Gasteiger charge is -2.10. The molecule has 1 N–H and O–H groups in total. The van der Waals surface area contributed by atoms with E-state index in [4.69, 9.17) is 0 Å². The summed E-state index contributed by atoms with van der Waals surface area (Å²) in [7, 11) is 0. The monoisotopic (exact) mass is 283 g/mol. The van der Waals surface area contributed by atoms with Crippen molar-refractivity contribution in [1.82, 2.24) is 14.5 Å². The van der Waals surface area contributed by atoms with E-state index >= 15 is 0 Å². The van der Waals surface area contributed by atoms with Gasteiger partial charge in [0.25, 0.3) is 5.69 Å². The van der Waals surface area contributed by atoms with Crippen molar-refractivity contribution >= 4 is 22.1 Å². The van der Waals surface area contributed by atoms with E-state index in [9.17, 15) is 10.1 Å². The minimum atomic E-state index is -0.390. The van der Waals surface area contributed by atoms with E-state index in [0.29, 0.717) is 11.9 Å². The third-order valence-corrected chi connectivity index (χ3v) is 3.24. The summed E-state index contributed by atoms with van der Waals surface area (Å²) in [6.45, 7) is 1.47. The van der Waals surface area contributed by atoms with E-state index < -0.39 is 0 Å². The van der Waals surface area contributed by atoms with E-state index in [1.807, 2.05) is 10.8 Å². The highest BCUT2D eigenvalue weighted by atomic mass is 16.6. The molecule has 7 nitrogen and oxygen atoms in total. The van der Waals surface area contributed by atoms with Gasteiger partial charge in [-0.05, 0) is 12.1 Å². The number of nitrogens with zero attached hydrogens (tertiary/aromatic N) is 4. The molecule has 2 heterocycles. The van der Waals surface area contributed by atoms with Crippen LogP contribution in [0.4, 0.5) is 11.4 Å². The predicted molar refractivity (Wildman–Crippen MR) is 79.1 cm³/mol. The fraction of sp³-hybridized carbons (Fsp3) is 0.143. The number of rotatable bonds is 5. The molecule has 0 aliphatic heterocycles. The SMILES string of the molecule is O=[N+]([O-])c1ccc(NCCn2ccnc2)c2ccncc12. The van der Waals surface area contributed by atoms with Gasteiger partial charge in [0, 0.05) is 55.0 Å². The summed E-state index contributed by atoms with van der Waals surface area (Å²) in [5.41, 5.74) is 0.927. The topological polar surface area (TPSA) is 85.9 Å². The van der Waals surface area contributed by atoms with Gasteiger partial charge in [-0.2, -0.15) is 0 Å². The van der Waals surface area contributed by atoms with Gasteiger partial charge in [-0.1, -0.05) is 0 Å². The molecule has 1 aromatic carbocycles. The van der Waals surface area contributed by atoms with Gasteiger partial charge in [0.05, 0.1) is 16.6 Å². The average Bonchev–Trinajstić information content (AvgIpc) is 3.00. The Kier molecular flexibility index (Phi) is 3.46. The second kappa shape index (κ2) is 5.58. The van der Waals surface area contributed by atoms with Gasteiger partial charge in [-0.3, -0.25) is 15.1 Å². The maximum absolute atomic E-state index is 11.0. The molecule has 0 bridgehead atoms. The first-order valence-electron chi connectivity index (χ1n) is 6.46. The number of fused-ring (bicyclic) bond motifs is 1. The fourth-order valence-electron chi connectivity index (χ4n) is 2.23. The van der Waals surface area contributed by atoms with Crippen LogP contribution in [0.2, 0.25) is 0 Å². The quantitative estimate of drug-likeness (QED) is 0.574. The highest BCUT2D eigenvalue weighted by Gasteiger charge is 2.13. The summed E-state index contributed by atoms with van der Waals surface area (Å²) < 4.78 is 1.96. The molecule has 3 rings (SSSR count). The number of benzene rings is 1. The van der Waals surface area contributed by atoms with E-state index in [-0.39, 0.29) is 10.6 Å². The molecule has 106 valence electrons. The Labute approximate surface area is 120 Å². The summed E-state index contributed by atoms with van der Waals surface area (Å²) in [5, 5.41) is 15.7. The Morgan fingerprint density at radius 1 is 1.19 bits per heavy atom. The molecule has 0 unspecified atom stereocenters. The molecule has 0 amide bonds. The van der Waals surface area contributed by atoms with Gasteiger partial charge in [-0.15, -0.1) is 0 Å². The van der Waals surface area contributed by atoms with Crippen molar-refractivity contribution in [2.24, 2.45) is 0 Å². The Morgan fingerprint density at radius 2 is 2.10 bits per heavy atom. The number of nitro benzene ring substituents is 1. The van der Waals surface area contributed by atoms with E-state index in [0.717, 1.165) is 17.6 Å². The maximum Gasteiger partial charge on any atom is 0.278 e. The van der Waals surface area contributed by atoms with Gasteiger partial charge in [0.1, 0.15) is 0 Å². The van der Waals surface area contributed by atoms with Crippen molar-refractivity contribution in [3.05, 3.63) is 59.4 Å². The van der Waals surface area contributed by atoms with Gasteiger partial charge in [0.2, 0.25) is 0 Å². The number of anilines is 1. The van der Waals surface area contributed by atoms with Crippen LogP contribution in [0, 0.1) is 10.1 Å². The van der Waals surface area contributed by atoms with Crippen LogP contribution in [-0.2, 0) is 6.54 Å². The molecule has 0 aliphatic rings. The van der Waals surface area contributed by atoms with E-state index in [1.165, 1.54) is 12.3 Å². The fourth-order valence-corrected chi connectivity index (χ4v) is 2.23. The summed E-state index contributed by atoms with van der Waals surface area (Å²) in [6, 6.07) is 5.01. The van der Waals surface area contributed by atoms with E-state index in [1.54, 1.807) is 30.9 Å². The number of pyridine rings is 1. The van der Waals surface area contributed by atoms with Crippen LogP contribution in [0.1, 0.15) is 0 Å². The molecular weight excluding hydrogens is 270 g/mol. The first-order valence-corrected chi connectivity index (χ1v) is 6.46. The predicted octanol–water partition coefficient (Wildman–Crippen LogP) is 2.45. The van der Waals surface area contributed by atoms with Crippen LogP contribution in [0.5, 0.6) is 0 Å². The van der Waals surface area contributed by atoms with Crippen molar-refractivity contribution in [2.75, 3.05) is 11.9 Å². The molecule has 3 aromatic rings. The zero-order chi connectivity index (χ0) is 14.7. The lowest BCUT2D eigenvalue weighted by Crippen LogP contribution is -2.09. The molecule has 0 atom stereocenters. The van der Waals surface area contributed by atoms with Crippen LogP contribution in [-0.4, -0.2) is 26.0 Å². The zero-order valence-electron chi connectivity index (χ0n) is 11.1. The van der Waals surface area contributed by atoms with Crippen molar-refractivity contribution in [2.45, 2.75) is 6.54 Å². The highest BCUT2D eigenvalue weighted by Crippen LogP contribution is 2.30. The third-order valence-electron chi connectivity index (χ3n) is 3.24. The van der Waals surface area contributed by atoms with Gasteiger partial charge in [0.15, 0.2) is 0 Å². The standard InChI is InChI=1S/C14H13N5O2/c20-19(21)14-2-1-13(11-3-4-15-9-12(11)14)17-6-8-18-7-5-16-10-18/h1-5,7,9-10,17H,6,8H2. The van der Waals surface area contributed by atoms with Gasteiger partial charge < -0.3 is 9.88 Å². The van der Waals surface area contributed by atoms with Crippen molar-refractivity contribution < 1.29 is 4.92 Å². The van der Waals surface area contributed by atoms with Crippen LogP contribution in [0.25, 0.3) is 10.8 Å². The van der Waals surface area contributed by atoms with Crippen LogP contribution < -0.4 is 5.32 Å². The second-order valence-electron chi connectivity index (χ2n) is 4.54. The Bertz CT molecular complexity index is 770. The van der Waals surface area contributed by atoms with Crippen LogP contribution in [0.3, 0.4) is 0 Å². The van der Waals surface area contributed by atoms with Crippen molar-refractivity contribution in [3.63, 3.8) is 0 Å². The minimum Gasteiger partial charge on any atom is -0.383 e. The van der Waals surface area contributed by atoms with Crippen LogP contribution >= 0.6 is 0 Å². The average molecular weight is 283 g/mol. The lowest BCUT2D eigenvalue weighted by atomic mass is 10.1. The van der Waals surface area contributed by atoms with E-state index in [2.05, 4.69) is 15.3 Å². The number of nitrogens with one attached hydrogen (secondary N) is 1. The zero-order valence-corrected chi connectivity index (χ0v) is 11.1. The molecule has 2 aromatic heterocycles. The van der Waals surface area contributed by atoms with Gasteiger partial charge >= 0.3 is 0 Å². The Hall–Kier alpha value is -2.96. The molecule has 0 spiro atoms. The molecule has 7 heteroatoms. The number of aromatic nitrogens is 3. The van der Waals surface area contributed by atoms with Crippen LogP contribution in [0.15, 0.2) is 49.3 Å². The van der Waals surface area contributed by atoms with Gasteiger partial charge in [-0.25, -0.2) is 4.98 Å². The minimum absolute atomic E-state index is 0.0678. The summed E-state index contributed by atoms with van der Waals surface area (Å²) in [6.07, 6.45) is 8.52. The normalized spacial score (nSPS) is 10.7. The Morgan fingerprint density at radius 3 is 2.86 bits per heavy atom. The highest BCUT2D eigenvalue weighted by molar-refractivity contribution is 5.99. The number of nitro groups is 1.